The first kappa shape index (κ1) is 12.5. The molecule has 6 heteroatoms. The zero-order chi connectivity index (χ0) is 13.1. The lowest BCUT2D eigenvalue weighted by atomic mass is 10.2. The predicted molar refractivity (Wildman–Crippen MR) is 70.5 cm³/mol. The molecule has 18 heavy (non-hydrogen) atoms. The number of thiophene rings is 1. The van der Waals surface area contributed by atoms with Gasteiger partial charge in [-0.25, -0.2) is 5.84 Å². The van der Waals surface area contributed by atoms with Crippen molar-refractivity contribution in [1.82, 2.24) is 9.99 Å². The Hall–Kier alpha value is -1.92. The van der Waals surface area contributed by atoms with Gasteiger partial charge in [0.2, 0.25) is 0 Å². The normalized spacial score (nSPS) is 10.3. The largest absolute Gasteiger partial charge is 0.350 e. The van der Waals surface area contributed by atoms with Crippen molar-refractivity contribution < 1.29 is 4.79 Å². The lowest BCUT2D eigenvalue weighted by molar-refractivity contribution is 0.0957. The molecule has 5 nitrogen and oxygen atoms in total. The van der Waals surface area contributed by atoms with Crippen LogP contribution in [0, 0.1) is 6.92 Å². The van der Waals surface area contributed by atoms with Gasteiger partial charge in [0, 0.05) is 35.9 Å². The number of nitrogens with two attached hydrogens (primary N) is 1. The van der Waals surface area contributed by atoms with Crippen LogP contribution in [-0.4, -0.2) is 10.5 Å². The number of nitrogens with zero attached hydrogens (tertiary/aromatic N) is 1. The first-order valence-electron chi connectivity index (χ1n) is 5.36. The van der Waals surface area contributed by atoms with E-state index in [1.165, 1.54) is 23.5 Å². The minimum Gasteiger partial charge on any atom is -0.350 e. The van der Waals surface area contributed by atoms with Gasteiger partial charge in [-0.05, 0) is 18.6 Å². The summed E-state index contributed by atoms with van der Waals surface area (Å²) < 4.78 is 1.89. The highest BCUT2D eigenvalue weighted by Crippen LogP contribution is 2.22. The number of hydrogen-bond donors (Lipinski definition) is 2. The third kappa shape index (κ3) is 2.66. The smallest absolute Gasteiger partial charge is 0.275 e. The second-order valence-electron chi connectivity index (χ2n) is 3.87. The van der Waals surface area contributed by atoms with Crippen molar-refractivity contribution in [2.75, 3.05) is 0 Å². The topological polar surface area (TPSA) is 77.1 Å². The van der Waals surface area contributed by atoms with Gasteiger partial charge in [-0.1, -0.05) is 0 Å². The van der Waals surface area contributed by atoms with E-state index in [9.17, 15) is 9.59 Å². The molecule has 0 aromatic carbocycles. The number of carbonyl (C=O) groups excluding carboxylic acids is 1. The molecule has 0 aliphatic carbocycles. The number of carbonyl (C=O) groups is 1. The van der Waals surface area contributed by atoms with E-state index >= 15 is 0 Å². The number of hydrazine groups is 1. The van der Waals surface area contributed by atoms with Gasteiger partial charge in [-0.3, -0.25) is 15.0 Å². The number of nitrogen functional groups attached to an aromatic ring is 1. The molecule has 0 spiro atoms. The zero-order valence-electron chi connectivity index (χ0n) is 9.84. The Morgan fingerprint density at radius 1 is 1.44 bits per heavy atom. The number of nitrogens with one attached hydrogen (secondary N) is 1. The summed E-state index contributed by atoms with van der Waals surface area (Å²) in [5.41, 5.74) is 3.14. The zero-order valence-corrected chi connectivity index (χ0v) is 10.7. The van der Waals surface area contributed by atoms with Gasteiger partial charge < -0.3 is 4.57 Å². The molecule has 2 aromatic rings. The van der Waals surface area contributed by atoms with Gasteiger partial charge in [-0.15, -0.1) is 11.3 Å². The molecule has 3 N–H and O–H groups in total. The lowest BCUT2D eigenvalue weighted by Gasteiger charge is -2.04. The van der Waals surface area contributed by atoms with Crippen LogP contribution in [0.1, 0.15) is 20.1 Å². The molecule has 0 saturated heterocycles. The van der Waals surface area contributed by atoms with E-state index in [1.54, 1.807) is 12.4 Å². The van der Waals surface area contributed by atoms with E-state index in [-0.39, 0.29) is 11.3 Å². The molecule has 0 unspecified atom stereocenters. The fourth-order valence-electron chi connectivity index (χ4n) is 1.61. The van der Waals surface area contributed by atoms with Gasteiger partial charge in [0.25, 0.3) is 5.91 Å². The van der Waals surface area contributed by atoms with Crippen molar-refractivity contribution in [3.05, 3.63) is 56.1 Å². The first-order valence-corrected chi connectivity index (χ1v) is 6.18. The summed E-state index contributed by atoms with van der Waals surface area (Å²) >= 11 is 1.40. The highest BCUT2D eigenvalue weighted by Gasteiger charge is 2.11. The third-order valence-electron chi connectivity index (χ3n) is 2.59. The maximum Gasteiger partial charge on any atom is 0.275 e. The second kappa shape index (κ2) is 5.16. The molecule has 0 radical (unpaired) electrons. The molecule has 0 bridgehead atoms. The maximum absolute atomic E-state index is 11.4. The van der Waals surface area contributed by atoms with Crippen LogP contribution < -0.4 is 16.7 Å². The number of pyridine rings is 1. The van der Waals surface area contributed by atoms with E-state index in [1.807, 2.05) is 17.6 Å². The van der Waals surface area contributed by atoms with Crippen LogP contribution in [0.3, 0.4) is 0 Å². The molecular formula is C12H13N3O2S. The van der Waals surface area contributed by atoms with E-state index in [4.69, 9.17) is 5.84 Å². The number of hydrogen-bond acceptors (Lipinski definition) is 4. The van der Waals surface area contributed by atoms with Crippen molar-refractivity contribution in [3.63, 3.8) is 0 Å². The van der Waals surface area contributed by atoms with Gasteiger partial charge in [0.15, 0.2) is 5.43 Å². The van der Waals surface area contributed by atoms with Crippen molar-refractivity contribution in [2.24, 2.45) is 5.84 Å². The van der Waals surface area contributed by atoms with Crippen molar-refractivity contribution in [3.8, 4) is 0 Å². The minimum atomic E-state index is -0.283. The third-order valence-corrected chi connectivity index (χ3v) is 3.68. The van der Waals surface area contributed by atoms with Crippen molar-refractivity contribution in [1.29, 1.82) is 0 Å². The Labute approximate surface area is 108 Å². The van der Waals surface area contributed by atoms with Crippen LogP contribution in [0.15, 0.2) is 35.4 Å². The summed E-state index contributed by atoms with van der Waals surface area (Å²) in [6.07, 6.45) is 3.45. The minimum absolute atomic E-state index is 0.0171. The second-order valence-corrected chi connectivity index (χ2v) is 5.13. The molecule has 94 valence electrons. The molecule has 0 aliphatic rings. The van der Waals surface area contributed by atoms with E-state index in [2.05, 4.69) is 5.43 Å². The maximum atomic E-state index is 11.4. The Balaban J connectivity index is 2.24. The highest BCUT2D eigenvalue weighted by atomic mass is 32.1. The standard InChI is InChI=1S/C12H13N3O2S/c1-8-9(6-11(18-8)12(17)14-13)7-15-4-2-10(16)3-5-15/h2-6H,7,13H2,1H3,(H,14,17). The van der Waals surface area contributed by atoms with Crippen LogP contribution in [0.4, 0.5) is 0 Å². The van der Waals surface area contributed by atoms with Gasteiger partial charge in [0.1, 0.15) is 0 Å². The van der Waals surface area contributed by atoms with Gasteiger partial charge in [-0.2, -0.15) is 0 Å². The predicted octanol–water partition coefficient (Wildman–Crippen LogP) is 0.870. The molecule has 0 atom stereocenters. The summed E-state index contributed by atoms with van der Waals surface area (Å²) in [4.78, 5) is 24.0. The van der Waals surface area contributed by atoms with Crippen molar-refractivity contribution >= 4 is 17.2 Å². The monoisotopic (exact) mass is 263 g/mol. The lowest BCUT2D eigenvalue weighted by Crippen LogP contribution is -2.29. The van der Waals surface area contributed by atoms with Crippen LogP contribution in [-0.2, 0) is 6.54 Å². The molecule has 1 amide bonds. The summed E-state index contributed by atoms with van der Waals surface area (Å²) in [5.74, 6) is 4.82. The Morgan fingerprint density at radius 2 is 2.11 bits per heavy atom. The molecule has 2 heterocycles. The highest BCUT2D eigenvalue weighted by molar-refractivity contribution is 7.14. The molecule has 2 rings (SSSR count). The quantitative estimate of drug-likeness (QED) is 0.490. The molecular weight excluding hydrogens is 250 g/mol. The number of rotatable bonds is 3. The molecule has 0 saturated carbocycles. The van der Waals surface area contributed by atoms with Crippen LogP contribution in [0.25, 0.3) is 0 Å². The van der Waals surface area contributed by atoms with Gasteiger partial charge in [0.05, 0.1) is 4.88 Å². The number of aryl methyl sites for hydroxylation is 1. The fourth-order valence-corrected chi connectivity index (χ4v) is 2.54. The Bertz CT molecular complexity index is 610. The van der Waals surface area contributed by atoms with Crippen LogP contribution in [0.2, 0.25) is 0 Å². The first-order chi connectivity index (χ1) is 8.60. The van der Waals surface area contributed by atoms with E-state index in [0.29, 0.717) is 11.4 Å². The van der Waals surface area contributed by atoms with Crippen LogP contribution in [0.5, 0.6) is 0 Å². The van der Waals surface area contributed by atoms with Gasteiger partial charge >= 0.3 is 0 Å². The summed E-state index contributed by atoms with van der Waals surface area (Å²) in [6.45, 7) is 2.58. The molecule has 0 aliphatic heterocycles. The average molecular weight is 263 g/mol. The molecule has 0 fully saturated rings. The van der Waals surface area contributed by atoms with E-state index < -0.39 is 0 Å². The average Bonchev–Trinajstić information content (AvgIpc) is 2.73. The summed E-state index contributed by atoms with van der Waals surface area (Å²) in [5, 5.41) is 0. The number of amides is 1. The SMILES string of the molecule is Cc1sc(C(=O)NN)cc1Cn1ccc(=O)cc1. The Kier molecular flexibility index (Phi) is 3.59. The Morgan fingerprint density at radius 3 is 2.72 bits per heavy atom. The summed E-state index contributed by atoms with van der Waals surface area (Å²) in [7, 11) is 0. The van der Waals surface area contributed by atoms with Crippen LogP contribution >= 0.6 is 11.3 Å². The fraction of sp³-hybridized carbons (Fsp3) is 0.167. The number of aromatic nitrogens is 1. The van der Waals surface area contributed by atoms with Crippen molar-refractivity contribution in [2.45, 2.75) is 13.5 Å². The van der Waals surface area contributed by atoms with E-state index in [0.717, 1.165) is 10.4 Å². The molecule has 2 aromatic heterocycles. The summed E-state index contributed by atoms with van der Waals surface area (Å²) in [6, 6.07) is 4.84.